The number of pyridine rings is 1. The second-order valence-electron chi connectivity index (χ2n) is 11.0. The van der Waals surface area contributed by atoms with Gasteiger partial charge in [-0.3, -0.25) is 28.3 Å². The zero-order valence-electron chi connectivity index (χ0n) is 28.2. The van der Waals surface area contributed by atoms with Gasteiger partial charge < -0.3 is 32.8 Å². The molecule has 19 nitrogen and oxygen atoms in total. The van der Waals surface area contributed by atoms with Gasteiger partial charge in [-0.15, -0.1) is 0 Å². The van der Waals surface area contributed by atoms with Crippen molar-refractivity contribution < 1.29 is 73.6 Å². The lowest BCUT2D eigenvalue weighted by Crippen LogP contribution is -2.48. The molecule has 4 atom stereocenters. The molecule has 1 fully saturated rings. The predicted octanol–water partition coefficient (Wildman–Crippen LogP) is -0.173. The highest BCUT2D eigenvalue weighted by Crippen LogP contribution is 2.31. The molecule has 4 rings (SSSR count). The third kappa shape index (κ3) is 10.00. The number of alkyl halides is 3. The standard InChI is InChI=1S/C28H34N5O11.CHF3O3S/c1-6-9-32-15-29-24-21(32)25(37)33(28(39)30(24)5)11-12-40-27(38)19-8-7-10-31(13-19)26-23(43-18(4)36)22(42-17(3)35)20(44-26)14-41-16(2)34;2-1(3,4)8(5,6)7/h7-8,10,13,15,20,22-23,26H,6,9,11-12,14H2,1-5H3;(H,5,6,7)/q+1;/p-1/t20-,22-,23-,26-;/m1./s1. The van der Waals surface area contributed by atoms with Gasteiger partial charge in [0.25, 0.3) is 5.56 Å². The lowest BCUT2D eigenvalue weighted by atomic mass is 10.1. The van der Waals surface area contributed by atoms with Gasteiger partial charge in [-0.05, 0) is 12.5 Å². The summed E-state index contributed by atoms with van der Waals surface area (Å²) in [5.41, 5.74) is -6.17. The van der Waals surface area contributed by atoms with E-state index in [9.17, 15) is 41.9 Å². The minimum atomic E-state index is -6.09. The van der Waals surface area contributed by atoms with E-state index in [1.54, 1.807) is 4.57 Å². The number of nitrogens with zero attached hydrogens (tertiary/aromatic N) is 5. The first-order valence-electron chi connectivity index (χ1n) is 15.2. The van der Waals surface area contributed by atoms with Crippen molar-refractivity contribution in [2.75, 3.05) is 13.2 Å². The number of ether oxygens (including phenoxy) is 5. The van der Waals surface area contributed by atoms with Gasteiger partial charge in [0.2, 0.25) is 6.10 Å². The second-order valence-corrected chi connectivity index (χ2v) is 12.4. The number of hydrogen-bond donors (Lipinski definition) is 0. The Labute approximate surface area is 292 Å². The van der Waals surface area contributed by atoms with Crippen molar-refractivity contribution in [2.24, 2.45) is 7.05 Å². The summed E-state index contributed by atoms with van der Waals surface area (Å²) in [5, 5.41) is 0. The Morgan fingerprint density at radius 2 is 1.63 bits per heavy atom. The Kier molecular flexibility index (Phi) is 13.4. The van der Waals surface area contributed by atoms with Crippen LogP contribution >= 0.6 is 0 Å². The summed E-state index contributed by atoms with van der Waals surface area (Å²) < 4.78 is 91.5. The molecule has 0 aliphatic carbocycles. The Balaban J connectivity index is 0.000000815. The molecule has 0 N–H and O–H groups in total. The number of fused-ring (bicyclic) bond motifs is 1. The van der Waals surface area contributed by atoms with Gasteiger partial charge >= 0.3 is 41.3 Å². The number of rotatable bonds is 11. The molecule has 1 aliphatic rings. The molecule has 286 valence electrons. The summed E-state index contributed by atoms with van der Waals surface area (Å²) in [4.78, 5) is 78.3. The number of esters is 4. The molecule has 3 aromatic rings. The molecule has 0 aromatic carbocycles. The number of halogens is 3. The second kappa shape index (κ2) is 16.9. The molecule has 0 amide bonds. The average molecular weight is 766 g/mol. The SMILES string of the molecule is CCCn1cnc2c1c(=O)n(CCOC(=O)c1ccc[n+]([C@@H]3O[C@H](COC(C)=O)[C@@H](OC(C)=O)[C@H]3OC(C)=O)c1)c(=O)n2C.O=S(=O)([O-])C(F)(F)F. The molecular formula is C29H34F3N5O14S. The molecule has 4 heterocycles. The van der Waals surface area contributed by atoms with Crippen molar-refractivity contribution in [3.8, 4) is 0 Å². The minimum absolute atomic E-state index is 0.0712. The highest BCUT2D eigenvalue weighted by Gasteiger charge is 2.54. The van der Waals surface area contributed by atoms with E-state index in [-0.39, 0.29) is 36.5 Å². The van der Waals surface area contributed by atoms with Crippen molar-refractivity contribution in [3.63, 3.8) is 0 Å². The van der Waals surface area contributed by atoms with Crippen molar-refractivity contribution in [2.45, 2.75) is 77.3 Å². The van der Waals surface area contributed by atoms with Gasteiger partial charge in [-0.25, -0.2) is 23.0 Å². The fourth-order valence-corrected chi connectivity index (χ4v) is 4.95. The highest BCUT2D eigenvalue weighted by atomic mass is 32.2. The fourth-order valence-electron chi connectivity index (χ4n) is 4.95. The van der Waals surface area contributed by atoms with Crippen LogP contribution < -0.4 is 15.8 Å². The normalized spacial score (nSPS) is 18.6. The molecule has 0 bridgehead atoms. The minimum Gasteiger partial charge on any atom is -0.741 e. The first-order chi connectivity index (χ1) is 24.2. The van der Waals surface area contributed by atoms with Crippen LogP contribution in [0.25, 0.3) is 11.2 Å². The van der Waals surface area contributed by atoms with Crippen LogP contribution in [0.1, 0.15) is 50.7 Å². The molecule has 1 aliphatic heterocycles. The Bertz CT molecular complexity index is 2040. The molecule has 1 saturated heterocycles. The number of aryl methyl sites for hydroxylation is 2. The maximum absolute atomic E-state index is 13.1. The van der Waals surface area contributed by atoms with Gasteiger partial charge in [-0.1, -0.05) is 6.92 Å². The number of carbonyl (C=O) groups is 4. The first-order valence-corrected chi connectivity index (χ1v) is 16.6. The largest absolute Gasteiger partial charge is 0.741 e. The molecular weight excluding hydrogens is 731 g/mol. The summed E-state index contributed by atoms with van der Waals surface area (Å²) in [7, 11) is -4.58. The smallest absolute Gasteiger partial charge is 0.485 e. The number of carbonyl (C=O) groups excluding carboxylic acids is 4. The number of hydrogen-bond acceptors (Lipinski definition) is 15. The summed E-state index contributed by atoms with van der Waals surface area (Å²) in [6, 6.07) is 2.99. The van der Waals surface area contributed by atoms with Crippen LogP contribution in [0.2, 0.25) is 0 Å². The van der Waals surface area contributed by atoms with Gasteiger partial charge in [0, 0.05) is 40.4 Å². The molecule has 0 radical (unpaired) electrons. The van der Waals surface area contributed by atoms with Crippen LogP contribution in [0.4, 0.5) is 13.2 Å². The Hall–Kier alpha value is -5.16. The van der Waals surface area contributed by atoms with Crippen molar-refractivity contribution in [3.05, 3.63) is 57.3 Å². The average Bonchev–Trinajstić information content (AvgIpc) is 3.61. The van der Waals surface area contributed by atoms with Crippen LogP contribution in [0.15, 0.2) is 40.4 Å². The lowest BCUT2D eigenvalue weighted by molar-refractivity contribution is -0.765. The zero-order valence-corrected chi connectivity index (χ0v) is 29.0. The van der Waals surface area contributed by atoms with Gasteiger partial charge in [0.15, 0.2) is 39.8 Å². The van der Waals surface area contributed by atoms with E-state index in [1.807, 2.05) is 6.92 Å². The van der Waals surface area contributed by atoms with Crippen molar-refractivity contribution in [1.29, 1.82) is 0 Å². The zero-order chi connectivity index (χ0) is 39.1. The molecule has 0 saturated carbocycles. The van der Waals surface area contributed by atoms with Crippen LogP contribution in [0.3, 0.4) is 0 Å². The van der Waals surface area contributed by atoms with Crippen molar-refractivity contribution in [1.82, 2.24) is 18.7 Å². The summed E-state index contributed by atoms with van der Waals surface area (Å²) in [6.07, 6.45) is 0.871. The Morgan fingerprint density at radius 3 is 2.19 bits per heavy atom. The third-order valence-corrected chi connectivity index (χ3v) is 7.66. The van der Waals surface area contributed by atoms with Crippen LogP contribution in [0, 0.1) is 0 Å². The molecule has 0 spiro atoms. The van der Waals surface area contributed by atoms with E-state index in [1.165, 1.54) is 67.8 Å². The highest BCUT2D eigenvalue weighted by molar-refractivity contribution is 7.86. The molecule has 3 aromatic heterocycles. The van der Waals surface area contributed by atoms with Crippen LogP contribution in [-0.2, 0) is 68.3 Å². The van der Waals surface area contributed by atoms with E-state index in [2.05, 4.69) is 4.98 Å². The molecule has 52 heavy (non-hydrogen) atoms. The fraction of sp³-hybridized carbons (Fsp3) is 0.517. The lowest BCUT2D eigenvalue weighted by Gasteiger charge is -2.21. The molecule has 0 unspecified atom stereocenters. The summed E-state index contributed by atoms with van der Waals surface area (Å²) in [5.74, 6) is -2.71. The van der Waals surface area contributed by atoms with Gasteiger partial charge in [-0.2, -0.15) is 17.7 Å². The first kappa shape index (κ1) is 41.3. The summed E-state index contributed by atoms with van der Waals surface area (Å²) in [6.45, 7) is 5.28. The predicted molar refractivity (Wildman–Crippen MR) is 164 cm³/mol. The number of imidazole rings is 1. The third-order valence-electron chi connectivity index (χ3n) is 7.09. The number of aromatic nitrogens is 5. The maximum Gasteiger partial charge on any atom is 0.485 e. The van der Waals surface area contributed by atoms with E-state index < -0.39 is 75.3 Å². The van der Waals surface area contributed by atoms with Crippen LogP contribution in [-0.4, -0.2) is 92.6 Å². The maximum atomic E-state index is 13.1. The van der Waals surface area contributed by atoms with Crippen LogP contribution in [0.5, 0.6) is 0 Å². The van der Waals surface area contributed by atoms with Crippen molar-refractivity contribution >= 4 is 45.2 Å². The quantitative estimate of drug-likeness (QED) is 0.0810. The Morgan fingerprint density at radius 1 is 1.02 bits per heavy atom. The van der Waals surface area contributed by atoms with E-state index in [0.29, 0.717) is 6.54 Å². The monoisotopic (exact) mass is 765 g/mol. The molecule has 23 heteroatoms. The van der Waals surface area contributed by atoms with E-state index in [0.717, 1.165) is 11.0 Å². The van der Waals surface area contributed by atoms with E-state index in [4.69, 9.17) is 36.7 Å². The van der Waals surface area contributed by atoms with E-state index >= 15 is 0 Å². The van der Waals surface area contributed by atoms with Gasteiger partial charge in [0.05, 0.1) is 12.9 Å². The summed E-state index contributed by atoms with van der Waals surface area (Å²) >= 11 is 0. The van der Waals surface area contributed by atoms with Gasteiger partial charge in [0.1, 0.15) is 24.9 Å². The topological polar surface area (TPSA) is 237 Å².